The van der Waals surface area contributed by atoms with Gasteiger partial charge in [-0.15, -0.1) is 0 Å². The zero-order valence-electron chi connectivity index (χ0n) is 43.4. The minimum absolute atomic E-state index is 0.0148. The number of aryl methyl sites for hydroxylation is 1. The number of rotatable bonds is 19. The van der Waals surface area contributed by atoms with Crippen molar-refractivity contribution in [2.24, 2.45) is 11.7 Å². The number of aromatic nitrogens is 2. The van der Waals surface area contributed by atoms with Gasteiger partial charge >= 0.3 is 29.8 Å². The molecule has 0 bridgehead atoms. The normalized spacial score (nSPS) is 22.7. The average Bonchev–Trinajstić information content (AvgIpc) is 3.92. The van der Waals surface area contributed by atoms with Crippen molar-refractivity contribution in [2.45, 2.75) is 135 Å². The van der Waals surface area contributed by atoms with Crippen molar-refractivity contribution in [3.8, 4) is 11.4 Å². The number of amides is 4. The highest BCUT2D eigenvalue weighted by Crippen LogP contribution is 2.46. The number of benzene rings is 1. The van der Waals surface area contributed by atoms with E-state index in [1.807, 2.05) is 0 Å². The maximum Gasteiger partial charge on any atom is 0.343 e. The van der Waals surface area contributed by atoms with E-state index in [2.05, 4.69) is 21.3 Å². The van der Waals surface area contributed by atoms with Gasteiger partial charge in [-0.05, 0) is 54.9 Å². The average molecular weight is 1080 g/mol. The molecule has 1 fully saturated rings. The van der Waals surface area contributed by atoms with Crippen LogP contribution in [0.2, 0.25) is 0 Å². The summed E-state index contributed by atoms with van der Waals surface area (Å²) in [6.45, 7) is 6.54. The van der Waals surface area contributed by atoms with E-state index in [0.29, 0.717) is 51.9 Å². The first kappa shape index (κ1) is 57.2. The smallest absolute Gasteiger partial charge is 0.343 e. The molecule has 3 aliphatic heterocycles. The van der Waals surface area contributed by atoms with Crippen LogP contribution in [0.25, 0.3) is 22.3 Å². The quantitative estimate of drug-likeness (QED) is 0.0284. The number of nitrogens with two attached hydrogens (primary N) is 1. The second-order valence-corrected chi connectivity index (χ2v) is 19.1. The van der Waals surface area contributed by atoms with Gasteiger partial charge in [0.05, 0.1) is 61.4 Å². The number of nitrogens with one attached hydrogen (secondary N) is 4. The number of fused-ring (bicyclic) bond motifs is 5. The molecule has 9 atom stereocenters. The van der Waals surface area contributed by atoms with Crippen LogP contribution in [0.4, 0.5) is 4.39 Å². The van der Waals surface area contributed by atoms with E-state index in [9.17, 15) is 53.1 Å². The minimum atomic E-state index is -2.08. The molecule has 27 heteroatoms. The summed E-state index contributed by atoms with van der Waals surface area (Å²) in [5, 5.41) is 22.1. The molecule has 0 spiro atoms. The van der Waals surface area contributed by atoms with Gasteiger partial charge in [0.2, 0.25) is 23.6 Å². The van der Waals surface area contributed by atoms with Crippen LogP contribution in [-0.2, 0) is 106 Å². The molecule has 3 aromatic rings. The highest BCUT2D eigenvalue weighted by atomic mass is 19.1. The Hall–Kier alpha value is -7.46. The van der Waals surface area contributed by atoms with Crippen LogP contribution in [0.3, 0.4) is 0 Å². The van der Waals surface area contributed by atoms with Crippen molar-refractivity contribution in [1.29, 1.82) is 0 Å². The summed E-state index contributed by atoms with van der Waals surface area (Å²) in [6.07, 6.45) is -8.24. The van der Waals surface area contributed by atoms with Gasteiger partial charge in [-0.25, -0.2) is 19.0 Å². The molecule has 77 heavy (non-hydrogen) atoms. The molecule has 0 radical (unpaired) electrons. The van der Waals surface area contributed by atoms with Gasteiger partial charge in [0.25, 0.3) is 5.56 Å². The SMILES string of the molecule is CC[C@@]1(O)C(=O)OCc2c1cc1n(c2=O)Cc2c-1nc1cc(F)c(C)c3c1c2[C@@H](NC(=O)COCNC(=O)CNC(=O)[C@H](CO[C@@H]1O[C@H](C(=O)OC)[C@@H](OC(C)=O)[C@H](OC(C)=O)[C@H]1OC(C)=O)NC(=O)[C@@H](N)C(C)C)CC3. The van der Waals surface area contributed by atoms with Crippen molar-refractivity contribution < 1.29 is 90.5 Å². The maximum absolute atomic E-state index is 15.4. The number of esters is 5. The first-order valence-electron chi connectivity index (χ1n) is 24.6. The Balaban J connectivity index is 1.01. The van der Waals surface area contributed by atoms with E-state index in [1.165, 1.54) is 16.7 Å². The Kier molecular flexibility index (Phi) is 17.4. The largest absolute Gasteiger partial charge is 0.467 e. The van der Waals surface area contributed by atoms with E-state index in [4.69, 9.17) is 48.6 Å². The number of methoxy groups -OCH3 is 1. The fourth-order valence-corrected chi connectivity index (χ4v) is 9.72. The molecule has 7 rings (SSSR count). The Bertz CT molecular complexity index is 2980. The van der Waals surface area contributed by atoms with E-state index < -0.39 is 152 Å². The lowest BCUT2D eigenvalue weighted by Gasteiger charge is -2.43. The number of pyridine rings is 2. The van der Waals surface area contributed by atoms with Gasteiger partial charge < -0.3 is 74.6 Å². The Labute approximate surface area is 438 Å². The lowest BCUT2D eigenvalue weighted by atomic mass is 9.81. The second-order valence-electron chi connectivity index (χ2n) is 19.1. The third kappa shape index (κ3) is 11.8. The molecule has 26 nitrogen and oxygen atoms in total. The molecule has 1 saturated heterocycles. The van der Waals surface area contributed by atoms with Gasteiger partial charge in [0.15, 0.2) is 36.3 Å². The summed E-state index contributed by atoms with van der Waals surface area (Å²) < 4.78 is 59.8. The van der Waals surface area contributed by atoms with Crippen LogP contribution in [0.5, 0.6) is 0 Å². The summed E-state index contributed by atoms with van der Waals surface area (Å²) in [4.78, 5) is 134. The number of aliphatic hydroxyl groups is 1. The van der Waals surface area contributed by atoms with Crippen LogP contribution in [0.1, 0.15) is 93.8 Å². The van der Waals surface area contributed by atoms with E-state index in [-0.39, 0.29) is 36.2 Å². The van der Waals surface area contributed by atoms with Crippen molar-refractivity contribution >= 4 is 64.4 Å². The molecule has 1 aromatic carbocycles. The van der Waals surface area contributed by atoms with Crippen LogP contribution < -0.4 is 32.6 Å². The summed E-state index contributed by atoms with van der Waals surface area (Å²) >= 11 is 0. The fraction of sp³-hybridized carbons (Fsp3) is 0.540. The van der Waals surface area contributed by atoms with E-state index in [0.717, 1.165) is 27.9 Å². The number of cyclic esters (lactones) is 1. The standard InChI is InChI=1S/C50H60FN7O19/c1-9-50(69)28-12-33-39-26(15-58(33)46(66)27(28)16-73-49(50)68)37-30(11-10-25-21(4)29(51)13-31(56-39)36(25)37)55-35(63)18-71-19-54-34(62)14-53-44(64)32(57-45(65)38(52)20(2)3)17-72-48-43(76-24(7)61)41(75-23(6)60)40(74-22(5)59)42(77-48)47(67)70-8/h12-13,20,30,32,38,40-43,48,69H,9-11,14-19,52H2,1-8H3,(H,53,64)(H,54,62)(H,55,63)(H,57,65)/t30-,32-,38-,40-,41-,42-,43+,48+,50-/m0/s1. The lowest BCUT2D eigenvalue weighted by Crippen LogP contribution is -2.64. The first-order chi connectivity index (χ1) is 36.4. The monoisotopic (exact) mass is 1080 g/mol. The topological polar surface area (TPSA) is 357 Å². The molecule has 416 valence electrons. The summed E-state index contributed by atoms with van der Waals surface area (Å²) in [5.74, 6) is -9.03. The Morgan fingerprint density at radius 2 is 1.61 bits per heavy atom. The number of halogens is 1. The van der Waals surface area contributed by atoms with Gasteiger partial charge in [0.1, 0.15) is 31.8 Å². The molecule has 4 aliphatic rings. The third-order valence-electron chi connectivity index (χ3n) is 13.7. The molecule has 0 saturated carbocycles. The summed E-state index contributed by atoms with van der Waals surface area (Å²) in [5.41, 5.74) is 6.84. The summed E-state index contributed by atoms with van der Waals surface area (Å²) in [6, 6.07) is -0.656. The highest BCUT2D eigenvalue weighted by molar-refractivity contribution is 5.94. The van der Waals surface area contributed by atoms with Crippen LogP contribution in [0, 0.1) is 18.7 Å². The Morgan fingerprint density at radius 1 is 0.935 bits per heavy atom. The molecule has 4 amide bonds. The van der Waals surface area contributed by atoms with Gasteiger partial charge in [-0.1, -0.05) is 20.8 Å². The van der Waals surface area contributed by atoms with Gasteiger partial charge in [0, 0.05) is 43.4 Å². The molecular weight excluding hydrogens is 1020 g/mol. The zero-order chi connectivity index (χ0) is 56.4. The number of carbonyl (C=O) groups is 9. The second kappa shape index (κ2) is 23.4. The lowest BCUT2D eigenvalue weighted by molar-refractivity contribution is -0.302. The number of hydrogen-bond donors (Lipinski definition) is 6. The first-order valence-corrected chi connectivity index (χ1v) is 24.6. The van der Waals surface area contributed by atoms with Gasteiger partial charge in [-0.2, -0.15) is 0 Å². The van der Waals surface area contributed by atoms with Crippen molar-refractivity contribution in [1.82, 2.24) is 30.8 Å². The number of ether oxygens (including phenoxy) is 8. The Morgan fingerprint density at radius 3 is 2.26 bits per heavy atom. The fourth-order valence-electron chi connectivity index (χ4n) is 9.72. The van der Waals surface area contributed by atoms with Crippen molar-refractivity contribution in [2.75, 3.05) is 33.6 Å². The van der Waals surface area contributed by atoms with E-state index in [1.54, 1.807) is 27.7 Å². The number of carbonyl (C=O) groups excluding carboxylic acids is 9. The van der Waals surface area contributed by atoms with Crippen molar-refractivity contribution in [3.05, 3.63) is 61.7 Å². The maximum atomic E-state index is 15.4. The van der Waals surface area contributed by atoms with Gasteiger partial charge in [-0.3, -0.25) is 38.4 Å². The molecule has 0 unspecified atom stereocenters. The predicted octanol–water partition coefficient (Wildman–Crippen LogP) is -0.985. The number of hydrogen-bond acceptors (Lipinski definition) is 21. The molecular formula is C50H60FN7O19. The van der Waals surface area contributed by atoms with E-state index >= 15 is 4.39 Å². The van der Waals surface area contributed by atoms with Crippen LogP contribution >= 0.6 is 0 Å². The third-order valence-corrected chi connectivity index (χ3v) is 13.7. The molecule has 5 heterocycles. The molecule has 2 aromatic heterocycles. The summed E-state index contributed by atoms with van der Waals surface area (Å²) in [7, 11) is 0.987. The van der Waals surface area contributed by atoms with Crippen molar-refractivity contribution in [3.63, 3.8) is 0 Å². The van der Waals surface area contributed by atoms with Crippen LogP contribution in [-0.4, -0.2) is 145 Å². The zero-order valence-corrected chi connectivity index (χ0v) is 43.4. The molecule has 1 aliphatic carbocycles. The number of nitrogens with zero attached hydrogens (tertiary/aromatic N) is 2. The van der Waals surface area contributed by atoms with Crippen LogP contribution in [0.15, 0.2) is 16.9 Å². The molecule has 7 N–H and O–H groups in total. The predicted molar refractivity (Wildman–Crippen MR) is 258 cm³/mol. The minimum Gasteiger partial charge on any atom is -0.467 e. The highest BCUT2D eigenvalue weighted by Gasteiger charge is 2.55.